The number of hydrogen-bond donors (Lipinski definition) is 1. The zero-order valence-electron chi connectivity index (χ0n) is 14.3. The molecule has 4 nitrogen and oxygen atoms in total. The van der Waals surface area contributed by atoms with E-state index >= 15 is 0 Å². The van der Waals surface area contributed by atoms with E-state index in [-0.39, 0.29) is 0 Å². The maximum atomic E-state index is 4.48. The first-order valence-electron chi connectivity index (χ1n) is 7.64. The lowest BCUT2D eigenvalue weighted by atomic mass is 10.0. The third kappa shape index (κ3) is 3.50. The highest BCUT2D eigenvalue weighted by Gasteiger charge is 2.07. The van der Waals surface area contributed by atoms with Gasteiger partial charge >= 0.3 is 0 Å². The number of anilines is 1. The number of benzene rings is 1. The summed E-state index contributed by atoms with van der Waals surface area (Å²) in [6.07, 6.45) is 0.947. The summed E-state index contributed by atoms with van der Waals surface area (Å²) in [5.74, 6) is 0.552. The molecule has 0 bridgehead atoms. The molecule has 1 aromatic carbocycles. The van der Waals surface area contributed by atoms with E-state index in [9.17, 15) is 0 Å². The molecule has 22 heavy (non-hydrogen) atoms. The third-order valence-corrected chi connectivity index (χ3v) is 3.87. The molecule has 116 valence electrons. The van der Waals surface area contributed by atoms with Crippen molar-refractivity contribution in [3.8, 4) is 0 Å². The van der Waals surface area contributed by atoms with Crippen LogP contribution in [-0.4, -0.2) is 15.7 Å². The predicted octanol–water partition coefficient (Wildman–Crippen LogP) is 4.11. The fourth-order valence-electron chi connectivity index (χ4n) is 2.71. The molecule has 0 radical (unpaired) electrons. The van der Waals surface area contributed by atoms with Crippen LogP contribution in [0.3, 0.4) is 0 Å². The van der Waals surface area contributed by atoms with Crippen molar-refractivity contribution in [3.63, 3.8) is 0 Å². The number of aryl methyl sites for hydroxylation is 4. The Kier molecular flexibility index (Phi) is 4.91. The van der Waals surface area contributed by atoms with Gasteiger partial charge in [-0.2, -0.15) is 5.10 Å². The van der Waals surface area contributed by atoms with Crippen molar-refractivity contribution in [2.75, 3.05) is 5.43 Å². The standard InChI is InChI=1S/C18H24N4/c1-7-16-13(4)19-18(20-14(16)5)22-21-15(6)17-9-8-11(2)10-12(17)3/h8-10H,7H2,1-6H3,(H,19,20,22). The summed E-state index contributed by atoms with van der Waals surface area (Å²) < 4.78 is 0. The Morgan fingerprint density at radius 1 is 1.09 bits per heavy atom. The fourth-order valence-corrected chi connectivity index (χ4v) is 2.71. The van der Waals surface area contributed by atoms with Crippen LogP contribution < -0.4 is 5.43 Å². The third-order valence-electron chi connectivity index (χ3n) is 3.87. The number of hydrogen-bond acceptors (Lipinski definition) is 4. The number of aromatic nitrogens is 2. The number of nitrogens with zero attached hydrogens (tertiary/aromatic N) is 3. The predicted molar refractivity (Wildman–Crippen MR) is 92.6 cm³/mol. The molecule has 0 unspecified atom stereocenters. The molecular formula is C18H24N4. The molecule has 1 heterocycles. The quantitative estimate of drug-likeness (QED) is 0.682. The first kappa shape index (κ1) is 16.1. The summed E-state index contributed by atoms with van der Waals surface area (Å²) in [7, 11) is 0. The SMILES string of the molecule is CCc1c(C)nc(NN=C(C)c2ccc(C)cc2C)nc1C. The fraction of sp³-hybridized carbons (Fsp3) is 0.389. The van der Waals surface area contributed by atoms with Crippen LogP contribution in [0.1, 0.15) is 47.5 Å². The normalized spacial score (nSPS) is 11.6. The highest BCUT2D eigenvalue weighted by atomic mass is 15.4. The summed E-state index contributed by atoms with van der Waals surface area (Å²) in [5.41, 5.74) is 10.8. The van der Waals surface area contributed by atoms with Crippen molar-refractivity contribution < 1.29 is 0 Å². The average Bonchev–Trinajstić information content (AvgIpc) is 2.44. The van der Waals surface area contributed by atoms with Gasteiger partial charge in [0, 0.05) is 17.0 Å². The number of nitrogens with one attached hydrogen (secondary N) is 1. The smallest absolute Gasteiger partial charge is 0.243 e. The summed E-state index contributed by atoms with van der Waals surface area (Å²) >= 11 is 0. The van der Waals surface area contributed by atoms with E-state index in [1.54, 1.807) is 0 Å². The maximum absolute atomic E-state index is 4.48. The zero-order chi connectivity index (χ0) is 16.3. The Balaban J connectivity index is 2.24. The van der Waals surface area contributed by atoms with Gasteiger partial charge in [0.05, 0.1) is 5.71 Å². The molecule has 0 amide bonds. The molecule has 1 aromatic heterocycles. The minimum Gasteiger partial charge on any atom is -0.245 e. The van der Waals surface area contributed by atoms with Gasteiger partial charge < -0.3 is 0 Å². The molecular weight excluding hydrogens is 272 g/mol. The van der Waals surface area contributed by atoms with Gasteiger partial charge in [0.25, 0.3) is 0 Å². The van der Waals surface area contributed by atoms with Crippen LogP contribution >= 0.6 is 0 Å². The van der Waals surface area contributed by atoms with Gasteiger partial charge in [-0.1, -0.05) is 30.7 Å². The van der Waals surface area contributed by atoms with Crippen LogP contribution in [0.5, 0.6) is 0 Å². The van der Waals surface area contributed by atoms with E-state index in [0.717, 1.165) is 29.1 Å². The van der Waals surface area contributed by atoms with Gasteiger partial charge in [-0.05, 0) is 52.2 Å². The lowest BCUT2D eigenvalue weighted by molar-refractivity contribution is 0.950. The van der Waals surface area contributed by atoms with Crippen molar-refractivity contribution in [3.05, 3.63) is 51.8 Å². The van der Waals surface area contributed by atoms with Crippen LogP contribution in [0.4, 0.5) is 5.95 Å². The van der Waals surface area contributed by atoms with Gasteiger partial charge in [-0.25, -0.2) is 15.4 Å². The van der Waals surface area contributed by atoms with Crippen LogP contribution in [0.2, 0.25) is 0 Å². The molecule has 0 aliphatic carbocycles. The topological polar surface area (TPSA) is 50.2 Å². The first-order valence-corrected chi connectivity index (χ1v) is 7.64. The van der Waals surface area contributed by atoms with Crippen LogP contribution in [-0.2, 0) is 6.42 Å². The van der Waals surface area contributed by atoms with Crippen molar-refractivity contribution in [2.45, 2.75) is 48.0 Å². The van der Waals surface area contributed by atoms with Crippen LogP contribution in [0.25, 0.3) is 0 Å². The van der Waals surface area contributed by atoms with Crippen molar-refractivity contribution in [1.82, 2.24) is 9.97 Å². The minimum absolute atomic E-state index is 0.552. The average molecular weight is 296 g/mol. The molecule has 0 aliphatic rings. The Morgan fingerprint density at radius 2 is 1.73 bits per heavy atom. The molecule has 0 aliphatic heterocycles. The van der Waals surface area contributed by atoms with Gasteiger partial charge in [0.2, 0.25) is 5.95 Å². The van der Waals surface area contributed by atoms with Crippen molar-refractivity contribution in [2.24, 2.45) is 5.10 Å². The van der Waals surface area contributed by atoms with Crippen molar-refractivity contribution in [1.29, 1.82) is 0 Å². The minimum atomic E-state index is 0.552. The second-order valence-corrected chi connectivity index (χ2v) is 5.68. The van der Waals surface area contributed by atoms with Gasteiger partial charge in [0.1, 0.15) is 0 Å². The highest BCUT2D eigenvalue weighted by molar-refractivity contribution is 6.00. The molecule has 1 N–H and O–H groups in total. The van der Waals surface area contributed by atoms with E-state index < -0.39 is 0 Å². The Labute approximate surface area is 132 Å². The first-order chi connectivity index (χ1) is 10.4. The van der Waals surface area contributed by atoms with Crippen LogP contribution in [0, 0.1) is 27.7 Å². The highest BCUT2D eigenvalue weighted by Crippen LogP contribution is 2.14. The zero-order valence-corrected chi connectivity index (χ0v) is 14.3. The lowest BCUT2D eigenvalue weighted by Gasteiger charge is -2.10. The lowest BCUT2D eigenvalue weighted by Crippen LogP contribution is -2.07. The van der Waals surface area contributed by atoms with Crippen LogP contribution in [0.15, 0.2) is 23.3 Å². The van der Waals surface area contributed by atoms with Gasteiger partial charge in [-0.15, -0.1) is 0 Å². The van der Waals surface area contributed by atoms with E-state index in [0.29, 0.717) is 5.95 Å². The second kappa shape index (κ2) is 6.69. The van der Waals surface area contributed by atoms with E-state index in [1.807, 2.05) is 20.8 Å². The molecule has 0 atom stereocenters. The van der Waals surface area contributed by atoms with Crippen molar-refractivity contribution >= 4 is 11.7 Å². The Bertz CT molecular complexity index is 694. The van der Waals surface area contributed by atoms with E-state index in [2.05, 4.69) is 59.5 Å². The Morgan fingerprint density at radius 3 is 2.27 bits per heavy atom. The maximum Gasteiger partial charge on any atom is 0.243 e. The van der Waals surface area contributed by atoms with E-state index in [1.165, 1.54) is 16.7 Å². The molecule has 0 fully saturated rings. The molecule has 2 rings (SSSR count). The van der Waals surface area contributed by atoms with E-state index in [4.69, 9.17) is 0 Å². The summed E-state index contributed by atoms with van der Waals surface area (Å²) in [6, 6.07) is 6.36. The van der Waals surface area contributed by atoms with Gasteiger partial charge in [-0.3, -0.25) is 0 Å². The largest absolute Gasteiger partial charge is 0.245 e. The molecule has 0 saturated heterocycles. The molecule has 0 spiro atoms. The monoisotopic (exact) mass is 296 g/mol. The number of rotatable bonds is 4. The summed E-state index contributed by atoms with van der Waals surface area (Å²) in [4.78, 5) is 8.96. The molecule has 4 heteroatoms. The molecule has 0 saturated carbocycles. The summed E-state index contributed by atoms with van der Waals surface area (Å²) in [6.45, 7) is 12.3. The Hall–Kier alpha value is -2.23. The second-order valence-electron chi connectivity index (χ2n) is 5.68. The van der Waals surface area contributed by atoms with Gasteiger partial charge in [0.15, 0.2) is 0 Å². The number of hydrazone groups is 1. The molecule has 2 aromatic rings. The summed E-state index contributed by atoms with van der Waals surface area (Å²) in [5, 5.41) is 4.43.